The third-order valence-electron chi connectivity index (χ3n) is 2.51. The summed E-state index contributed by atoms with van der Waals surface area (Å²) in [6.07, 6.45) is 0.319. The van der Waals surface area contributed by atoms with Gasteiger partial charge in [-0.15, -0.1) is 0 Å². The molecule has 2 aromatic rings. The van der Waals surface area contributed by atoms with Crippen molar-refractivity contribution in [3.05, 3.63) is 66.8 Å². The van der Waals surface area contributed by atoms with Gasteiger partial charge in [0.05, 0.1) is 6.42 Å². The highest BCUT2D eigenvalue weighted by atomic mass is 127. The van der Waals surface area contributed by atoms with E-state index in [0.29, 0.717) is 13.0 Å². The van der Waals surface area contributed by atoms with Crippen molar-refractivity contribution in [2.75, 3.05) is 0 Å². The molecule has 98 valence electrons. The Bertz CT molecular complexity index is 547. The van der Waals surface area contributed by atoms with E-state index >= 15 is 0 Å². The van der Waals surface area contributed by atoms with Crippen LogP contribution in [0.4, 0.5) is 0 Å². The van der Waals surface area contributed by atoms with Crippen LogP contribution >= 0.6 is 45.2 Å². The molecule has 0 bridgehead atoms. The van der Waals surface area contributed by atoms with Gasteiger partial charge in [-0.3, -0.25) is 4.79 Å². The number of halogens is 2. The van der Waals surface area contributed by atoms with Crippen LogP contribution in [0.3, 0.4) is 0 Å². The highest BCUT2D eigenvalue weighted by Gasteiger charge is 2.06. The van der Waals surface area contributed by atoms with Gasteiger partial charge in [-0.05, 0) is 74.5 Å². The Balaban J connectivity index is 1.91. The zero-order valence-corrected chi connectivity index (χ0v) is 14.4. The minimum Gasteiger partial charge on any atom is -0.461 e. The first-order valence-electron chi connectivity index (χ1n) is 5.78. The molecule has 0 N–H and O–H groups in total. The maximum atomic E-state index is 11.8. The number of carbonyl (C=O) groups is 1. The molecular formula is C15H12I2O2. The fourth-order valence-corrected chi connectivity index (χ4v) is 3.74. The molecule has 0 fully saturated rings. The summed E-state index contributed by atoms with van der Waals surface area (Å²) in [6.45, 7) is 0.334. The van der Waals surface area contributed by atoms with Crippen molar-refractivity contribution in [2.45, 2.75) is 13.0 Å². The van der Waals surface area contributed by atoms with Crippen LogP contribution in [0.2, 0.25) is 0 Å². The number of esters is 1. The van der Waals surface area contributed by atoms with Gasteiger partial charge in [0.2, 0.25) is 0 Å². The molecule has 0 saturated carbocycles. The van der Waals surface area contributed by atoms with Gasteiger partial charge in [-0.25, -0.2) is 0 Å². The third-order valence-corrected chi connectivity index (χ3v) is 3.76. The number of hydrogen-bond acceptors (Lipinski definition) is 2. The van der Waals surface area contributed by atoms with Crippen LogP contribution in [-0.4, -0.2) is 5.97 Å². The summed E-state index contributed by atoms with van der Waals surface area (Å²) >= 11 is 4.50. The van der Waals surface area contributed by atoms with Crippen LogP contribution in [0.1, 0.15) is 11.1 Å². The van der Waals surface area contributed by atoms with E-state index in [-0.39, 0.29) is 5.97 Å². The zero-order valence-electron chi connectivity index (χ0n) is 10.1. The molecule has 0 aliphatic carbocycles. The fourth-order valence-electron chi connectivity index (χ4n) is 1.67. The first-order valence-corrected chi connectivity index (χ1v) is 7.94. The molecule has 2 aromatic carbocycles. The first-order chi connectivity index (χ1) is 9.13. The quantitative estimate of drug-likeness (QED) is 0.487. The summed E-state index contributed by atoms with van der Waals surface area (Å²) in [5.41, 5.74) is 2.00. The van der Waals surface area contributed by atoms with E-state index < -0.39 is 0 Å². The Labute approximate surface area is 139 Å². The maximum Gasteiger partial charge on any atom is 0.310 e. The lowest BCUT2D eigenvalue weighted by molar-refractivity contribution is -0.144. The molecule has 0 amide bonds. The van der Waals surface area contributed by atoms with E-state index in [2.05, 4.69) is 51.2 Å². The molecule has 0 heterocycles. The monoisotopic (exact) mass is 478 g/mol. The van der Waals surface area contributed by atoms with E-state index in [0.717, 1.165) is 18.3 Å². The molecule has 19 heavy (non-hydrogen) atoms. The number of rotatable bonds is 4. The molecule has 0 aliphatic rings. The minimum absolute atomic E-state index is 0.193. The van der Waals surface area contributed by atoms with Crippen LogP contribution in [-0.2, 0) is 22.6 Å². The molecule has 0 aliphatic heterocycles. The Kier molecular flexibility index (Phi) is 5.62. The SMILES string of the molecule is O=C(Cc1cc(I)cc(I)c1)OCc1ccccc1. The van der Waals surface area contributed by atoms with E-state index in [9.17, 15) is 4.79 Å². The molecule has 0 radical (unpaired) electrons. The average Bonchev–Trinajstić information content (AvgIpc) is 2.36. The summed E-state index contributed by atoms with van der Waals surface area (Å²) in [7, 11) is 0. The molecule has 4 heteroatoms. The normalized spacial score (nSPS) is 10.2. The molecule has 0 unspecified atom stereocenters. The summed E-state index contributed by atoms with van der Waals surface area (Å²) in [4.78, 5) is 11.8. The minimum atomic E-state index is -0.193. The Morgan fingerprint density at radius 2 is 1.58 bits per heavy atom. The van der Waals surface area contributed by atoms with Crippen molar-refractivity contribution >= 4 is 51.2 Å². The number of carbonyl (C=O) groups excluding carboxylic acids is 1. The lowest BCUT2D eigenvalue weighted by atomic mass is 10.1. The van der Waals surface area contributed by atoms with Gasteiger partial charge in [-0.1, -0.05) is 30.3 Å². The zero-order chi connectivity index (χ0) is 13.7. The first kappa shape index (κ1) is 14.8. The number of ether oxygens (including phenoxy) is 1. The largest absolute Gasteiger partial charge is 0.461 e. The van der Waals surface area contributed by atoms with E-state index in [1.165, 1.54) is 0 Å². The second kappa shape index (κ2) is 7.23. The Morgan fingerprint density at radius 1 is 0.947 bits per heavy atom. The van der Waals surface area contributed by atoms with Crippen molar-refractivity contribution in [3.8, 4) is 0 Å². The van der Waals surface area contributed by atoms with Crippen LogP contribution < -0.4 is 0 Å². The van der Waals surface area contributed by atoms with E-state index in [1.54, 1.807) is 0 Å². The molecule has 0 atom stereocenters. The van der Waals surface area contributed by atoms with Gasteiger partial charge in [0.15, 0.2) is 0 Å². The fraction of sp³-hybridized carbons (Fsp3) is 0.133. The average molecular weight is 478 g/mol. The molecule has 0 saturated heterocycles. The van der Waals surface area contributed by atoms with Gasteiger partial charge in [0.1, 0.15) is 6.61 Å². The van der Waals surface area contributed by atoms with Gasteiger partial charge in [-0.2, -0.15) is 0 Å². The molecule has 0 aromatic heterocycles. The lowest BCUT2D eigenvalue weighted by Crippen LogP contribution is -2.08. The van der Waals surface area contributed by atoms with Crippen LogP contribution in [0.15, 0.2) is 48.5 Å². The van der Waals surface area contributed by atoms with Gasteiger partial charge < -0.3 is 4.74 Å². The van der Waals surface area contributed by atoms with Crippen molar-refractivity contribution in [1.82, 2.24) is 0 Å². The van der Waals surface area contributed by atoms with Crippen LogP contribution in [0.25, 0.3) is 0 Å². The summed E-state index contributed by atoms with van der Waals surface area (Å²) in [5, 5.41) is 0. The van der Waals surface area contributed by atoms with Crippen LogP contribution in [0, 0.1) is 7.14 Å². The van der Waals surface area contributed by atoms with Crippen LogP contribution in [0.5, 0.6) is 0 Å². The van der Waals surface area contributed by atoms with Gasteiger partial charge in [0, 0.05) is 7.14 Å². The van der Waals surface area contributed by atoms with Gasteiger partial charge >= 0.3 is 5.97 Å². The standard InChI is InChI=1S/C15H12I2O2/c16-13-6-12(7-14(17)9-13)8-15(18)19-10-11-4-2-1-3-5-11/h1-7,9H,8,10H2. The number of benzene rings is 2. The summed E-state index contributed by atoms with van der Waals surface area (Å²) in [5.74, 6) is -0.193. The highest BCUT2D eigenvalue weighted by molar-refractivity contribution is 14.1. The molecule has 0 spiro atoms. The number of hydrogen-bond donors (Lipinski definition) is 0. The van der Waals surface area contributed by atoms with Crippen molar-refractivity contribution < 1.29 is 9.53 Å². The maximum absolute atomic E-state index is 11.8. The highest BCUT2D eigenvalue weighted by Crippen LogP contribution is 2.15. The third kappa shape index (κ3) is 5.10. The second-order valence-corrected chi connectivity index (χ2v) is 6.59. The molecule has 2 rings (SSSR count). The van der Waals surface area contributed by atoms with Gasteiger partial charge in [0.25, 0.3) is 0 Å². The molecule has 2 nitrogen and oxygen atoms in total. The predicted molar refractivity (Wildman–Crippen MR) is 91.8 cm³/mol. The van der Waals surface area contributed by atoms with E-state index in [1.807, 2.05) is 42.5 Å². The second-order valence-electron chi connectivity index (χ2n) is 4.10. The summed E-state index contributed by atoms with van der Waals surface area (Å²) in [6, 6.07) is 15.8. The smallest absolute Gasteiger partial charge is 0.310 e. The predicted octanol–water partition coefficient (Wildman–Crippen LogP) is 4.18. The summed E-state index contributed by atoms with van der Waals surface area (Å²) < 4.78 is 7.54. The topological polar surface area (TPSA) is 26.3 Å². The van der Waals surface area contributed by atoms with Crippen molar-refractivity contribution in [3.63, 3.8) is 0 Å². The Morgan fingerprint density at radius 3 is 2.21 bits per heavy atom. The van der Waals surface area contributed by atoms with E-state index in [4.69, 9.17) is 4.74 Å². The lowest BCUT2D eigenvalue weighted by Gasteiger charge is -2.06. The van der Waals surface area contributed by atoms with Crippen molar-refractivity contribution in [2.24, 2.45) is 0 Å². The molecular weight excluding hydrogens is 466 g/mol. The van der Waals surface area contributed by atoms with Crippen molar-refractivity contribution in [1.29, 1.82) is 0 Å². The Hall–Kier alpha value is -0.630.